The van der Waals surface area contributed by atoms with Crippen molar-refractivity contribution in [3.05, 3.63) is 218 Å². The van der Waals surface area contributed by atoms with Crippen molar-refractivity contribution in [2.75, 3.05) is 4.90 Å². The Kier molecular flexibility index (Phi) is 8.00. The fourth-order valence-corrected chi connectivity index (χ4v) is 8.56. The Hall–Kier alpha value is -7.69. The number of aromatic nitrogens is 1. The first-order chi connectivity index (χ1) is 28.7. The molecule has 2 aromatic heterocycles. The van der Waals surface area contributed by atoms with Gasteiger partial charge >= 0.3 is 0 Å². The molecule has 2 heterocycles. The van der Waals surface area contributed by atoms with Gasteiger partial charge < -0.3 is 13.9 Å². The molecule has 4 heteroatoms. The number of benzene rings is 9. The summed E-state index contributed by atoms with van der Waals surface area (Å²) in [6, 6.07) is 73.2. The molecule has 0 aliphatic carbocycles. The van der Waals surface area contributed by atoms with E-state index in [9.17, 15) is 4.39 Å². The van der Waals surface area contributed by atoms with Gasteiger partial charge in [-0.05, 0) is 118 Å². The molecule has 0 atom stereocenters. The molecule has 274 valence electrons. The molecule has 0 saturated heterocycles. The van der Waals surface area contributed by atoms with Crippen LogP contribution in [0, 0.1) is 5.82 Å². The zero-order chi connectivity index (χ0) is 38.6. The summed E-state index contributed by atoms with van der Waals surface area (Å²) in [4.78, 5) is 2.32. The van der Waals surface area contributed by atoms with Crippen LogP contribution >= 0.6 is 0 Å². The number of hydrogen-bond donors (Lipinski definition) is 0. The summed E-state index contributed by atoms with van der Waals surface area (Å²) in [6.07, 6.45) is 0. The maximum atomic E-state index is 14.6. The van der Waals surface area contributed by atoms with E-state index in [4.69, 9.17) is 4.42 Å². The Bertz CT molecular complexity index is 3290. The van der Waals surface area contributed by atoms with E-state index in [-0.39, 0.29) is 5.82 Å². The van der Waals surface area contributed by atoms with Crippen LogP contribution in [-0.2, 0) is 0 Å². The second kappa shape index (κ2) is 13.8. The van der Waals surface area contributed by atoms with Gasteiger partial charge in [-0.1, -0.05) is 127 Å². The summed E-state index contributed by atoms with van der Waals surface area (Å²) in [5.74, 6) is -0.249. The molecule has 11 rings (SSSR count). The van der Waals surface area contributed by atoms with E-state index in [0.29, 0.717) is 0 Å². The lowest BCUT2D eigenvalue weighted by molar-refractivity contribution is 0.629. The summed E-state index contributed by atoms with van der Waals surface area (Å²) in [5.41, 5.74) is 14.6. The fraction of sp³-hybridized carbons (Fsp3) is 0. The summed E-state index contributed by atoms with van der Waals surface area (Å²) >= 11 is 0. The fourth-order valence-electron chi connectivity index (χ4n) is 8.56. The van der Waals surface area contributed by atoms with E-state index in [2.05, 4.69) is 167 Å². The lowest BCUT2D eigenvalue weighted by Gasteiger charge is -2.26. The van der Waals surface area contributed by atoms with E-state index in [1.807, 2.05) is 42.5 Å². The molecule has 11 aromatic rings. The van der Waals surface area contributed by atoms with Crippen molar-refractivity contribution in [2.45, 2.75) is 0 Å². The molecule has 0 aliphatic rings. The van der Waals surface area contributed by atoms with Crippen LogP contribution in [0.1, 0.15) is 0 Å². The number of hydrogen-bond acceptors (Lipinski definition) is 2. The summed E-state index contributed by atoms with van der Waals surface area (Å²) in [7, 11) is 0. The van der Waals surface area contributed by atoms with Crippen molar-refractivity contribution < 1.29 is 8.81 Å². The monoisotopic (exact) mass is 746 g/mol. The van der Waals surface area contributed by atoms with Crippen molar-refractivity contribution in [3.8, 4) is 39.1 Å². The van der Waals surface area contributed by atoms with Gasteiger partial charge in [-0.25, -0.2) is 4.39 Å². The van der Waals surface area contributed by atoms with Gasteiger partial charge in [0.15, 0.2) is 0 Å². The zero-order valence-electron chi connectivity index (χ0n) is 31.4. The van der Waals surface area contributed by atoms with Gasteiger partial charge in [0.25, 0.3) is 0 Å². The Morgan fingerprint density at radius 2 is 0.983 bits per heavy atom. The third-order valence-corrected chi connectivity index (χ3v) is 11.2. The van der Waals surface area contributed by atoms with Crippen LogP contribution < -0.4 is 4.90 Å². The molecule has 0 unspecified atom stereocenters. The lowest BCUT2D eigenvalue weighted by atomic mass is 9.99. The highest BCUT2D eigenvalue weighted by Crippen LogP contribution is 2.41. The number of halogens is 1. The van der Waals surface area contributed by atoms with Gasteiger partial charge in [0.1, 0.15) is 17.0 Å². The summed E-state index contributed by atoms with van der Waals surface area (Å²) in [6.45, 7) is 0. The van der Waals surface area contributed by atoms with Crippen LogP contribution in [-0.4, -0.2) is 4.57 Å². The second-order valence-corrected chi connectivity index (χ2v) is 14.7. The van der Waals surface area contributed by atoms with Crippen LogP contribution in [0.3, 0.4) is 0 Å². The van der Waals surface area contributed by atoms with Gasteiger partial charge in [-0.3, -0.25) is 0 Å². The van der Waals surface area contributed by atoms with Crippen LogP contribution in [0.5, 0.6) is 0 Å². The molecule has 0 fully saturated rings. The van der Waals surface area contributed by atoms with E-state index < -0.39 is 0 Å². The molecule has 0 radical (unpaired) electrons. The predicted octanol–water partition coefficient (Wildman–Crippen LogP) is 15.3. The average molecular weight is 747 g/mol. The normalized spacial score (nSPS) is 11.5. The Labute approximate surface area is 335 Å². The number of furan rings is 1. The minimum absolute atomic E-state index is 0.249. The first-order valence-electron chi connectivity index (χ1n) is 19.5. The highest BCUT2D eigenvalue weighted by molar-refractivity contribution is 6.12. The molecular formula is C54H35FN2O. The number of rotatable bonds is 7. The lowest BCUT2D eigenvalue weighted by Crippen LogP contribution is -2.10. The van der Waals surface area contributed by atoms with Crippen LogP contribution in [0.2, 0.25) is 0 Å². The molecule has 0 amide bonds. The standard InChI is InChI=1S/C54H35FN2O/c55-41-27-32-48-47-17-4-6-20-50(47)57(51(48)35-41)45-16-9-14-40(34-45)37-23-28-42(29-24-37)56(44-15-8-13-39(33-44)36-11-2-1-3-12-36)43-30-25-38(26-31-43)46-19-10-22-53-54(46)49-18-5-7-21-52(49)58-53/h1-35H. The molecule has 0 aliphatic heterocycles. The molecule has 58 heavy (non-hydrogen) atoms. The molecule has 0 bridgehead atoms. The largest absolute Gasteiger partial charge is 0.456 e. The molecule has 9 aromatic carbocycles. The van der Waals surface area contributed by atoms with Crippen LogP contribution in [0.25, 0.3) is 82.8 Å². The molecule has 0 spiro atoms. The number of nitrogens with zero attached hydrogens (tertiary/aromatic N) is 2. The highest BCUT2D eigenvalue weighted by Gasteiger charge is 2.17. The number of fused-ring (bicyclic) bond motifs is 6. The van der Waals surface area contributed by atoms with Gasteiger partial charge in [0, 0.05) is 44.3 Å². The molecular weight excluding hydrogens is 712 g/mol. The van der Waals surface area contributed by atoms with Gasteiger partial charge in [0.2, 0.25) is 0 Å². The van der Waals surface area contributed by atoms with Crippen LogP contribution in [0.4, 0.5) is 21.5 Å². The highest BCUT2D eigenvalue weighted by atomic mass is 19.1. The molecule has 0 saturated carbocycles. The number of anilines is 3. The Morgan fingerprint density at radius 3 is 1.79 bits per heavy atom. The van der Waals surface area contributed by atoms with Gasteiger partial charge in [-0.15, -0.1) is 0 Å². The smallest absolute Gasteiger partial charge is 0.136 e. The maximum absolute atomic E-state index is 14.6. The van der Waals surface area contributed by atoms with Crippen molar-refractivity contribution in [3.63, 3.8) is 0 Å². The summed E-state index contributed by atoms with van der Waals surface area (Å²) < 4.78 is 23.0. The first-order valence-corrected chi connectivity index (χ1v) is 19.5. The van der Waals surface area contributed by atoms with Crippen molar-refractivity contribution in [1.29, 1.82) is 0 Å². The third-order valence-electron chi connectivity index (χ3n) is 11.2. The minimum atomic E-state index is -0.249. The van der Waals surface area contributed by atoms with E-state index >= 15 is 0 Å². The topological polar surface area (TPSA) is 21.3 Å². The zero-order valence-corrected chi connectivity index (χ0v) is 31.4. The van der Waals surface area contributed by atoms with E-state index in [1.54, 1.807) is 6.07 Å². The van der Waals surface area contributed by atoms with Crippen molar-refractivity contribution in [1.82, 2.24) is 4.57 Å². The third kappa shape index (κ3) is 5.74. The van der Waals surface area contributed by atoms with Crippen LogP contribution in [0.15, 0.2) is 217 Å². The van der Waals surface area contributed by atoms with Crippen molar-refractivity contribution in [2.24, 2.45) is 0 Å². The van der Waals surface area contributed by atoms with E-state index in [1.165, 1.54) is 11.6 Å². The Balaban J connectivity index is 0.995. The number of para-hydroxylation sites is 2. The van der Waals surface area contributed by atoms with Gasteiger partial charge in [0.05, 0.1) is 11.0 Å². The average Bonchev–Trinajstić information content (AvgIpc) is 3.83. The summed E-state index contributed by atoms with van der Waals surface area (Å²) in [5, 5.41) is 4.38. The maximum Gasteiger partial charge on any atom is 0.136 e. The minimum Gasteiger partial charge on any atom is -0.456 e. The van der Waals surface area contributed by atoms with E-state index in [0.717, 1.165) is 94.3 Å². The first kappa shape index (κ1) is 33.6. The quantitative estimate of drug-likeness (QED) is 0.162. The Morgan fingerprint density at radius 1 is 0.379 bits per heavy atom. The predicted molar refractivity (Wildman–Crippen MR) is 239 cm³/mol. The molecule has 3 nitrogen and oxygen atoms in total. The van der Waals surface area contributed by atoms with Crippen molar-refractivity contribution >= 4 is 60.8 Å². The second-order valence-electron chi connectivity index (χ2n) is 14.7. The molecule has 0 N–H and O–H groups in total. The van der Waals surface area contributed by atoms with Gasteiger partial charge in [-0.2, -0.15) is 0 Å². The SMILES string of the molecule is Fc1ccc2c3ccccc3n(-c3cccc(-c4ccc(N(c5ccc(-c6cccc7oc8ccccc8c67)cc5)c5cccc(-c6ccccc6)c5)cc4)c3)c2c1.